The van der Waals surface area contributed by atoms with E-state index in [4.69, 9.17) is 4.74 Å². The molecule has 168 valence electrons. The number of likely N-dealkylation sites (N-methyl/N-ethyl adjacent to an activating group) is 1. The molecule has 0 fully saturated rings. The van der Waals surface area contributed by atoms with Gasteiger partial charge >= 0.3 is 0 Å². The highest BCUT2D eigenvalue weighted by Crippen LogP contribution is 2.31. The van der Waals surface area contributed by atoms with Crippen LogP contribution in [0.25, 0.3) is 0 Å². The number of carbonyl (C=O) groups excluding carboxylic acids is 1. The largest absolute Gasteiger partial charge is 0.453 e. The molecule has 3 rings (SSSR count). The van der Waals surface area contributed by atoms with Crippen molar-refractivity contribution in [2.45, 2.75) is 13.8 Å². The van der Waals surface area contributed by atoms with Gasteiger partial charge in [0.25, 0.3) is 11.5 Å². The van der Waals surface area contributed by atoms with Gasteiger partial charge in [0.15, 0.2) is 11.4 Å². The number of aryl methyl sites for hydroxylation is 2. The molecule has 0 unspecified atom stereocenters. The van der Waals surface area contributed by atoms with E-state index in [9.17, 15) is 9.59 Å². The number of carbonyl (C=O) groups is 1. The van der Waals surface area contributed by atoms with Crippen molar-refractivity contribution in [2.75, 3.05) is 32.5 Å². The third-order valence-electron chi connectivity index (χ3n) is 5.14. The number of benzene rings is 2. The quantitative estimate of drug-likeness (QED) is 0.565. The van der Waals surface area contributed by atoms with Crippen LogP contribution in [0.15, 0.2) is 53.5 Å². The summed E-state index contributed by atoms with van der Waals surface area (Å²) in [5.41, 5.74) is 3.23. The number of aromatic nitrogens is 2. The lowest BCUT2D eigenvalue weighted by molar-refractivity contribution is 0.0951. The van der Waals surface area contributed by atoms with Crippen LogP contribution in [-0.2, 0) is 7.05 Å². The summed E-state index contributed by atoms with van der Waals surface area (Å²) in [6.45, 7) is 5.30. The fourth-order valence-electron chi connectivity index (χ4n) is 3.01. The monoisotopic (exact) mass is 435 g/mol. The van der Waals surface area contributed by atoms with Gasteiger partial charge < -0.3 is 20.3 Å². The molecule has 0 radical (unpaired) electrons. The highest BCUT2D eigenvalue weighted by molar-refractivity contribution is 5.94. The Hall–Kier alpha value is -3.65. The Morgan fingerprint density at radius 1 is 1.09 bits per heavy atom. The van der Waals surface area contributed by atoms with E-state index in [0.717, 1.165) is 17.7 Å². The van der Waals surface area contributed by atoms with Gasteiger partial charge in [-0.05, 0) is 69.4 Å². The van der Waals surface area contributed by atoms with Crippen molar-refractivity contribution in [1.82, 2.24) is 20.0 Å². The normalized spacial score (nSPS) is 10.8. The lowest BCUT2D eigenvalue weighted by atomic mass is 10.1. The van der Waals surface area contributed by atoms with E-state index < -0.39 is 0 Å². The highest BCUT2D eigenvalue weighted by Gasteiger charge is 2.15. The highest BCUT2D eigenvalue weighted by atomic mass is 16.5. The van der Waals surface area contributed by atoms with Crippen molar-refractivity contribution < 1.29 is 9.53 Å². The Balaban J connectivity index is 1.81. The molecule has 0 aliphatic rings. The summed E-state index contributed by atoms with van der Waals surface area (Å²) in [5, 5.41) is 10.1. The van der Waals surface area contributed by atoms with E-state index in [1.807, 2.05) is 51.0 Å². The molecule has 0 saturated carbocycles. The van der Waals surface area contributed by atoms with Gasteiger partial charge in [0.1, 0.15) is 5.75 Å². The fraction of sp³-hybridized carbons (Fsp3) is 0.292. The molecule has 0 atom stereocenters. The average Bonchev–Trinajstić information content (AvgIpc) is 2.76. The Morgan fingerprint density at radius 2 is 1.81 bits per heavy atom. The maximum absolute atomic E-state index is 12.8. The number of ether oxygens (including phenoxy) is 1. The van der Waals surface area contributed by atoms with Crippen molar-refractivity contribution in [2.24, 2.45) is 7.05 Å². The molecular formula is C24H29N5O3. The number of nitrogens with zero attached hydrogens (tertiary/aromatic N) is 3. The molecule has 1 amide bonds. The predicted octanol–water partition coefficient (Wildman–Crippen LogP) is 3.22. The van der Waals surface area contributed by atoms with Crippen LogP contribution >= 0.6 is 0 Å². The van der Waals surface area contributed by atoms with Gasteiger partial charge in [-0.2, -0.15) is 5.10 Å². The second-order valence-electron chi connectivity index (χ2n) is 7.87. The number of rotatable bonds is 8. The molecular weight excluding hydrogens is 406 g/mol. The molecule has 0 spiro atoms. The first kappa shape index (κ1) is 23.0. The van der Waals surface area contributed by atoms with Crippen LogP contribution in [0.1, 0.15) is 21.5 Å². The Labute approximate surface area is 187 Å². The second kappa shape index (κ2) is 10.1. The molecule has 3 aromatic rings. The maximum atomic E-state index is 12.8. The van der Waals surface area contributed by atoms with Gasteiger partial charge in [-0.15, -0.1) is 0 Å². The molecule has 1 aromatic heterocycles. The molecule has 8 heteroatoms. The minimum atomic E-state index is -0.321. The van der Waals surface area contributed by atoms with Crippen LogP contribution in [0.4, 0.5) is 11.4 Å². The van der Waals surface area contributed by atoms with Gasteiger partial charge in [-0.3, -0.25) is 9.59 Å². The van der Waals surface area contributed by atoms with Gasteiger partial charge in [-0.25, -0.2) is 4.68 Å². The van der Waals surface area contributed by atoms with Crippen molar-refractivity contribution in [3.8, 4) is 11.5 Å². The van der Waals surface area contributed by atoms with Gasteiger partial charge in [-0.1, -0.05) is 12.1 Å². The van der Waals surface area contributed by atoms with Crippen molar-refractivity contribution in [3.05, 3.63) is 75.7 Å². The number of hydrogen-bond donors (Lipinski definition) is 2. The Bertz CT molecular complexity index is 1150. The summed E-state index contributed by atoms with van der Waals surface area (Å²) in [6, 6.07) is 12.7. The number of hydrogen-bond acceptors (Lipinski definition) is 6. The molecule has 8 nitrogen and oxygen atoms in total. The van der Waals surface area contributed by atoms with Gasteiger partial charge in [0, 0.05) is 31.4 Å². The Kier molecular flexibility index (Phi) is 7.27. The van der Waals surface area contributed by atoms with Crippen molar-refractivity contribution in [3.63, 3.8) is 0 Å². The van der Waals surface area contributed by atoms with Crippen LogP contribution in [0.3, 0.4) is 0 Å². The molecule has 0 saturated heterocycles. The Morgan fingerprint density at radius 3 is 2.50 bits per heavy atom. The molecule has 0 aliphatic carbocycles. The number of nitrogens with one attached hydrogen (secondary N) is 2. The first-order valence-corrected chi connectivity index (χ1v) is 10.4. The number of anilines is 2. The SMILES string of the molecule is Cc1cccc(Oc2cnn(C)c(=O)c2Nc2ccc(C(=O)NCCN(C)C)cc2)c1C. The van der Waals surface area contributed by atoms with E-state index in [2.05, 4.69) is 15.7 Å². The lowest BCUT2D eigenvalue weighted by Gasteiger charge is -2.15. The zero-order chi connectivity index (χ0) is 23.3. The van der Waals surface area contributed by atoms with Gasteiger partial charge in [0.2, 0.25) is 0 Å². The van der Waals surface area contributed by atoms with Crippen LogP contribution in [-0.4, -0.2) is 47.8 Å². The summed E-state index contributed by atoms with van der Waals surface area (Å²) in [7, 11) is 5.48. The third kappa shape index (κ3) is 5.53. The summed E-state index contributed by atoms with van der Waals surface area (Å²) < 4.78 is 7.29. The van der Waals surface area contributed by atoms with E-state index >= 15 is 0 Å². The molecule has 32 heavy (non-hydrogen) atoms. The zero-order valence-corrected chi connectivity index (χ0v) is 19.1. The molecule has 2 N–H and O–H groups in total. The minimum absolute atomic E-state index is 0.142. The summed E-state index contributed by atoms with van der Waals surface area (Å²) >= 11 is 0. The zero-order valence-electron chi connectivity index (χ0n) is 19.1. The average molecular weight is 436 g/mol. The third-order valence-corrected chi connectivity index (χ3v) is 5.14. The summed E-state index contributed by atoms with van der Waals surface area (Å²) in [6.07, 6.45) is 1.51. The smallest absolute Gasteiger partial charge is 0.294 e. The van der Waals surface area contributed by atoms with E-state index in [1.54, 1.807) is 31.3 Å². The number of amides is 1. The summed E-state index contributed by atoms with van der Waals surface area (Å²) in [4.78, 5) is 27.1. The summed E-state index contributed by atoms with van der Waals surface area (Å²) in [5.74, 6) is 0.845. The van der Waals surface area contributed by atoms with Crippen molar-refractivity contribution >= 4 is 17.3 Å². The van der Waals surface area contributed by atoms with E-state index in [1.165, 1.54) is 10.9 Å². The minimum Gasteiger partial charge on any atom is -0.453 e. The lowest BCUT2D eigenvalue weighted by Crippen LogP contribution is -2.31. The first-order valence-electron chi connectivity index (χ1n) is 10.4. The van der Waals surface area contributed by atoms with Crippen molar-refractivity contribution in [1.29, 1.82) is 0 Å². The van der Waals surface area contributed by atoms with Crippen LogP contribution in [0.2, 0.25) is 0 Å². The second-order valence-corrected chi connectivity index (χ2v) is 7.87. The molecule has 2 aromatic carbocycles. The van der Waals surface area contributed by atoms with Crippen LogP contribution < -0.4 is 20.9 Å². The van der Waals surface area contributed by atoms with E-state index in [0.29, 0.717) is 29.3 Å². The predicted molar refractivity (Wildman–Crippen MR) is 126 cm³/mol. The van der Waals surface area contributed by atoms with Gasteiger partial charge in [0.05, 0.1) is 6.20 Å². The maximum Gasteiger partial charge on any atom is 0.294 e. The van der Waals surface area contributed by atoms with Crippen LogP contribution in [0.5, 0.6) is 11.5 Å². The van der Waals surface area contributed by atoms with E-state index in [-0.39, 0.29) is 17.2 Å². The molecule has 1 heterocycles. The molecule has 0 bridgehead atoms. The molecule has 0 aliphatic heterocycles. The topological polar surface area (TPSA) is 88.5 Å². The van der Waals surface area contributed by atoms with Crippen LogP contribution in [0, 0.1) is 13.8 Å². The first-order chi connectivity index (χ1) is 15.3. The standard InChI is InChI=1S/C24H29N5O3/c1-16-7-6-8-20(17(16)2)32-21-15-26-29(5)24(31)22(21)27-19-11-9-18(10-12-19)23(30)25-13-14-28(3)4/h6-12,15,27H,13-14H2,1-5H3,(H,25,30). The fourth-order valence-corrected chi connectivity index (χ4v) is 3.01.